The van der Waals surface area contributed by atoms with E-state index in [-0.39, 0.29) is 11.9 Å². The molecule has 2 aromatic carbocycles. The fourth-order valence-corrected chi connectivity index (χ4v) is 3.22. The van der Waals surface area contributed by atoms with E-state index in [1.165, 1.54) is 0 Å². The number of amides is 1. The van der Waals surface area contributed by atoms with Gasteiger partial charge in [0.1, 0.15) is 11.8 Å². The van der Waals surface area contributed by atoms with Gasteiger partial charge in [-0.2, -0.15) is 0 Å². The maximum Gasteiger partial charge on any atom is 0.254 e. The molecule has 0 saturated carbocycles. The normalized spacial score (nSPS) is 17.1. The number of ether oxygens (including phenoxy) is 1. The van der Waals surface area contributed by atoms with Gasteiger partial charge in [-0.3, -0.25) is 4.79 Å². The topological polar surface area (TPSA) is 34.5 Å². The number of hydrogen-bond donors (Lipinski definition) is 0. The summed E-state index contributed by atoms with van der Waals surface area (Å²) in [5, 5.41) is 1.13. The average molecular weight is 292 g/mol. The van der Waals surface area contributed by atoms with Crippen LogP contribution in [0.5, 0.6) is 5.75 Å². The molecule has 0 bridgehead atoms. The van der Waals surface area contributed by atoms with Crippen LogP contribution in [0.1, 0.15) is 11.6 Å². The Kier molecular flexibility index (Phi) is 2.73. The first-order valence-corrected chi connectivity index (χ1v) is 7.22. The van der Waals surface area contributed by atoms with Crippen molar-refractivity contribution in [2.75, 3.05) is 19.1 Å². The fraction of sp³-hybridized carbons (Fsp3) is 0.167. The first kappa shape index (κ1) is 13.0. The molecule has 0 N–H and O–H groups in total. The van der Waals surface area contributed by atoms with Crippen LogP contribution in [0.15, 0.2) is 54.7 Å². The molecule has 4 heteroatoms. The molecule has 1 aliphatic heterocycles. The minimum absolute atomic E-state index is 0.0737. The number of hydrogen-bond acceptors (Lipinski definition) is 2. The molecular formula is C18H16N2O2. The van der Waals surface area contributed by atoms with Gasteiger partial charge >= 0.3 is 0 Å². The van der Waals surface area contributed by atoms with Crippen molar-refractivity contribution >= 4 is 22.5 Å². The molecule has 4 nitrogen and oxygen atoms in total. The average Bonchev–Trinajstić information content (AvgIpc) is 3.07. The van der Waals surface area contributed by atoms with Gasteiger partial charge in [0.05, 0.1) is 7.11 Å². The molecule has 1 unspecified atom stereocenters. The van der Waals surface area contributed by atoms with E-state index in [4.69, 9.17) is 4.74 Å². The molecule has 0 aliphatic carbocycles. The molecule has 4 rings (SSSR count). The molecule has 0 radical (unpaired) electrons. The van der Waals surface area contributed by atoms with Crippen molar-refractivity contribution in [2.45, 2.75) is 6.04 Å². The van der Waals surface area contributed by atoms with Gasteiger partial charge in [-0.05, 0) is 35.7 Å². The number of likely N-dealkylation sites (N-methyl/N-ethyl adjacent to an activating group) is 1. The monoisotopic (exact) mass is 292 g/mol. The smallest absolute Gasteiger partial charge is 0.254 e. The summed E-state index contributed by atoms with van der Waals surface area (Å²) in [5.74, 6) is 0.841. The molecule has 1 aromatic heterocycles. The highest BCUT2D eigenvalue weighted by Gasteiger charge is 2.37. The Balaban J connectivity index is 1.94. The molecule has 110 valence electrons. The van der Waals surface area contributed by atoms with Gasteiger partial charge in [0.15, 0.2) is 0 Å². The lowest BCUT2D eigenvalue weighted by Crippen LogP contribution is -2.27. The Morgan fingerprint density at radius 1 is 1.09 bits per heavy atom. The van der Waals surface area contributed by atoms with E-state index in [9.17, 15) is 4.79 Å². The number of benzene rings is 2. The largest absolute Gasteiger partial charge is 0.497 e. The number of aromatic nitrogens is 1. The summed E-state index contributed by atoms with van der Waals surface area (Å²) in [7, 11) is 3.46. The molecule has 1 amide bonds. The zero-order chi connectivity index (χ0) is 15.3. The molecule has 1 aliphatic rings. The van der Waals surface area contributed by atoms with E-state index >= 15 is 0 Å². The van der Waals surface area contributed by atoms with Crippen LogP contribution in [0.3, 0.4) is 0 Å². The van der Waals surface area contributed by atoms with Gasteiger partial charge < -0.3 is 14.2 Å². The minimum Gasteiger partial charge on any atom is -0.497 e. The fourth-order valence-electron chi connectivity index (χ4n) is 3.22. The summed E-state index contributed by atoms with van der Waals surface area (Å²) in [6.45, 7) is 0. The first-order valence-electron chi connectivity index (χ1n) is 7.22. The van der Waals surface area contributed by atoms with Crippen LogP contribution in [0.2, 0.25) is 0 Å². The van der Waals surface area contributed by atoms with E-state index in [0.717, 1.165) is 27.9 Å². The summed E-state index contributed by atoms with van der Waals surface area (Å²) in [4.78, 5) is 14.5. The summed E-state index contributed by atoms with van der Waals surface area (Å²) < 4.78 is 7.37. The van der Waals surface area contributed by atoms with Crippen LogP contribution in [0.25, 0.3) is 10.9 Å². The molecule has 0 fully saturated rings. The van der Waals surface area contributed by atoms with E-state index in [1.807, 2.05) is 60.3 Å². The Hall–Kier alpha value is -2.75. The summed E-state index contributed by atoms with van der Waals surface area (Å²) in [5.41, 5.74) is 2.98. The third-order valence-corrected chi connectivity index (χ3v) is 4.36. The van der Waals surface area contributed by atoms with Crippen LogP contribution in [0, 0.1) is 0 Å². The van der Waals surface area contributed by atoms with Gasteiger partial charge in [-0.25, -0.2) is 0 Å². The predicted molar refractivity (Wildman–Crippen MR) is 86.5 cm³/mol. The molecule has 0 saturated heterocycles. The van der Waals surface area contributed by atoms with Gasteiger partial charge in [-0.15, -0.1) is 0 Å². The van der Waals surface area contributed by atoms with Crippen molar-refractivity contribution in [3.63, 3.8) is 0 Å². The quantitative estimate of drug-likeness (QED) is 0.727. The van der Waals surface area contributed by atoms with Crippen LogP contribution >= 0.6 is 0 Å². The highest BCUT2D eigenvalue weighted by Crippen LogP contribution is 2.40. The van der Waals surface area contributed by atoms with Crippen LogP contribution in [0.4, 0.5) is 5.69 Å². The lowest BCUT2D eigenvalue weighted by atomic mass is 10.1. The second-order valence-electron chi connectivity index (χ2n) is 5.51. The predicted octanol–water partition coefficient (Wildman–Crippen LogP) is 3.22. The van der Waals surface area contributed by atoms with Gasteiger partial charge in [0, 0.05) is 30.0 Å². The van der Waals surface area contributed by atoms with Crippen molar-refractivity contribution in [3.8, 4) is 5.75 Å². The second kappa shape index (κ2) is 4.63. The molecule has 22 heavy (non-hydrogen) atoms. The molecule has 3 aromatic rings. The Morgan fingerprint density at radius 3 is 2.73 bits per heavy atom. The van der Waals surface area contributed by atoms with Crippen molar-refractivity contribution in [1.82, 2.24) is 4.57 Å². The van der Waals surface area contributed by atoms with E-state index in [1.54, 1.807) is 12.0 Å². The van der Waals surface area contributed by atoms with Crippen molar-refractivity contribution in [3.05, 3.63) is 60.3 Å². The zero-order valence-corrected chi connectivity index (χ0v) is 12.5. The lowest BCUT2D eigenvalue weighted by Gasteiger charge is -2.14. The Morgan fingerprint density at radius 2 is 1.91 bits per heavy atom. The third-order valence-electron chi connectivity index (χ3n) is 4.36. The highest BCUT2D eigenvalue weighted by molar-refractivity contribution is 6.05. The minimum atomic E-state index is -0.338. The Bertz CT molecular complexity index is 882. The standard InChI is InChI=1S/C18H16N2O2/c1-19-16-8-7-13(22-2)11-14(16)17(18(19)21)20-10-9-12-5-3-4-6-15(12)20/h3-11,17H,1-2H3. The number of fused-ring (bicyclic) bond motifs is 2. The Labute approximate surface area is 128 Å². The number of anilines is 1. The summed E-state index contributed by atoms with van der Waals surface area (Å²) in [6.07, 6.45) is 1.98. The van der Waals surface area contributed by atoms with Crippen molar-refractivity contribution in [1.29, 1.82) is 0 Å². The van der Waals surface area contributed by atoms with Gasteiger partial charge in [-0.1, -0.05) is 18.2 Å². The second-order valence-corrected chi connectivity index (χ2v) is 5.51. The van der Waals surface area contributed by atoms with E-state index in [0.29, 0.717) is 0 Å². The first-order chi connectivity index (χ1) is 10.7. The lowest BCUT2D eigenvalue weighted by molar-refractivity contribution is -0.119. The third kappa shape index (κ3) is 1.67. The summed E-state index contributed by atoms with van der Waals surface area (Å²) >= 11 is 0. The maximum absolute atomic E-state index is 12.8. The SMILES string of the molecule is COc1ccc2c(c1)C(n1ccc3ccccc31)C(=O)N2C. The number of para-hydroxylation sites is 1. The van der Waals surface area contributed by atoms with Crippen LogP contribution in [-0.2, 0) is 4.79 Å². The van der Waals surface area contributed by atoms with Crippen molar-refractivity contribution in [2.24, 2.45) is 0 Å². The molecule has 0 spiro atoms. The number of methoxy groups -OCH3 is 1. The van der Waals surface area contributed by atoms with Gasteiger partial charge in [0.2, 0.25) is 0 Å². The molecule has 1 atom stereocenters. The van der Waals surface area contributed by atoms with Gasteiger partial charge in [0.25, 0.3) is 5.91 Å². The number of rotatable bonds is 2. The molecular weight excluding hydrogens is 276 g/mol. The number of nitrogens with zero attached hydrogens (tertiary/aromatic N) is 2. The number of carbonyl (C=O) groups excluding carboxylic acids is 1. The van der Waals surface area contributed by atoms with Crippen molar-refractivity contribution < 1.29 is 9.53 Å². The van der Waals surface area contributed by atoms with E-state index < -0.39 is 0 Å². The van der Waals surface area contributed by atoms with Crippen LogP contribution in [-0.4, -0.2) is 24.6 Å². The maximum atomic E-state index is 12.8. The number of carbonyl (C=O) groups is 1. The van der Waals surface area contributed by atoms with E-state index in [2.05, 4.69) is 6.07 Å². The summed E-state index contributed by atoms with van der Waals surface area (Å²) in [6, 6.07) is 15.6. The van der Waals surface area contributed by atoms with Crippen LogP contribution < -0.4 is 9.64 Å². The molecule has 2 heterocycles. The highest BCUT2D eigenvalue weighted by atomic mass is 16.5. The zero-order valence-electron chi connectivity index (χ0n) is 12.5.